The van der Waals surface area contributed by atoms with E-state index in [4.69, 9.17) is 0 Å². The lowest BCUT2D eigenvalue weighted by Crippen LogP contribution is -1.86. The maximum atomic E-state index is 3.41. The van der Waals surface area contributed by atoms with E-state index in [-0.39, 0.29) is 0 Å². The van der Waals surface area contributed by atoms with Crippen LogP contribution in [0.25, 0.3) is 0 Å². The molecule has 0 heterocycles. The van der Waals surface area contributed by atoms with Crippen LogP contribution in [-0.2, 0) is 0 Å². The summed E-state index contributed by atoms with van der Waals surface area (Å²) in [4.78, 5) is 0. The molecule has 0 atom stereocenters. The SMILES string of the molecule is [C]1CC12CCCC2. The second-order valence-electron chi connectivity index (χ2n) is 2.84. The van der Waals surface area contributed by atoms with E-state index in [2.05, 4.69) is 6.42 Å². The van der Waals surface area contributed by atoms with E-state index in [1.165, 1.54) is 32.1 Å². The molecule has 2 rings (SSSR count). The van der Waals surface area contributed by atoms with Crippen LogP contribution < -0.4 is 0 Å². The summed E-state index contributed by atoms with van der Waals surface area (Å²) in [5.41, 5.74) is 0.694. The zero-order valence-electron chi connectivity index (χ0n) is 4.54. The van der Waals surface area contributed by atoms with E-state index >= 15 is 0 Å². The molecule has 0 aliphatic heterocycles. The molecule has 0 unspecified atom stereocenters. The van der Waals surface area contributed by atoms with Crippen LogP contribution in [0.5, 0.6) is 0 Å². The Morgan fingerprint density at radius 2 is 1.71 bits per heavy atom. The molecule has 2 fully saturated rings. The van der Waals surface area contributed by atoms with E-state index in [0.29, 0.717) is 5.41 Å². The molecule has 0 heteroatoms. The van der Waals surface area contributed by atoms with Crippen molar-refractivity contribution in [1.29, 1.82) is 0 Å². The van der Waals surface area contributed by atoms with Gasteiger partial charge in [0, 0.05) is 0 Å². The highest BCUT2D eigenvalue weighted by molar-refractivity contribution is 5.11. The molecule has 0 saturated heterocycles. The Kier molecular flexibility index (Phi) is 0.586. The number of hydrogen-bond donors (Lipinski definition) is 0. The summed E-state index contributed by atoms with van der Waals surface area (Å²) < 4.78 is 0. The van der Waals surface area contributed by atoms with Gasteiger partial charge in [0.15, 0.2) is 0 Å². The average molecular weight is 94.2 g/mol. The highest BCUT2D eigenvalue weighted by Gasteiger charge is 2.44. The number of rotatable bonds is 0. The monoisotopic (exact) mass is 94.1 g/mol. The van der Waals surface area contributed by atoms with Gasteiger partial charge in [-0.1, -0.05) is 12.8 Å². The molecule has 0 nitrogen and oxygen atoms in total. The molecule has 0 bridgehead atoms. The topological polar surface area (TPSA) is 0 Å². The molecule has 2 aliphatic carbocycles. The molecule has 0 N–H and O–H groups in total. The van der Waals surface area contributed by atoms with Crippen LogP contribution in [0.1, 0.15) is 32.1 Å². The Morgan fingerprint density at radius 3 is 2.00 bits per heavy atom. The maximum Gasteiger partial charge on any atom is -0.00998 e. The first-order chi connectivity index (χ1) is 3.41. The highest BCUT2D eigenvalue weighted by Crippen LogP contribution is 2.56. The Balaban J connectivity index is 2.07. The standard InChI is InChI=1S/C7H10/c1-2-4-7(3-1)5-6-7/h1-5H2. The molecule has 1 spiro atoms. The predicted molar refractivity (Wildman–Crippen MR) is 28.8 cm³/mol. The van der Waals surface area contributed by atoms with Gasteiger partial charge in [-0.2, -0.15) is 0 Å². The van der Waals surface area contributed by atoms with Gasteiger partial charge in [-0.15, -0.1) is 0 Å². The molecule has 0 amide bonds. The van der Waals surface area contributed by atoms with Crippen LogP contribution in [0, 0.1) is 11.8 Å². The van der Waals surface area contributed by atoms with Gasteiger partial charge in [0.2, 0.25) is 0 Å². The zero-order chi connectivity index (χ0) is 4.74. The van der Waals surface area contributed by atoms with Gasteiger partial charge in [0.1, 0.15) is 0 Å². The van der Waals surface area contributed by atoms with Crippen molar-refractivity contribution in [3.63, 3.8) is 0 Å². The quantitative estimate of drug-likeness (QED) is 0.431. The van der Waals surface area contributed by atoms with Crippen molar-refractivity contribution in [2.24, 2.45) is 5.41 Å². The summed E-state index contributed by atoms with van der Waals surface area (Å²) >= 11 is 0. The van der Waals surface area contributed by atoms with Crippen LogP contribution in [0.2, 0.25) is 0 Å². The highest BCUT2D eigenvalue weighted by atomic mass is 14.5. The third-order valence-corrected chi connectivity index (χ3v) is 2.24. The fourth-order valence-electron chi connectivity index (χ4n) is 1.53. The second kappa shape index (κ2) is 1.04. The molecule has 2 saturated carbocycles. The maximum absolute atomic E-state index is 3.41. The van der Waals surface area contributed by atoms with Gasteiger partial charge in [0.25, 0.3) is 0 Å². The fraction of sp³-hybridized carbons (Fsp3) is 0.857. The van der Waals surface area contributed by atoms with Gasteiger partial charge in [-0.25, -0.2) is 0 Å². The minimum atomic E-state index is 0.694. The minimum absolute atomic E-state index is 0.694. The van der Waals surface area contributed by atoms with Crippen molar-refractivity contribution in [3.8, 4) is 0 Å². The predicted octanol–water partition coefficient (Wildman–Crippen LogP) is 2.03. The van der Waals surface area contributed by atoms with E-state index < -0.39 is 0 Å². The molecular weight excluding hydrogens is 84.1 g/mol. The Hall–Kier alpha value is 0. The fourth-order valence-corrected chi connectivity index (χ4v) is 1.53. The van der Waals surface area contributed by atoms with Gasteiger partial charge in [0.05, 0.1) is 0 Å². The first-order valence-electron chi connectivity index (χ1n) is 3.16. The van der Waals surface area contributed by atoms with E-state index in [1.807, 2.05) is 0 Å². The minimum Gasteiger partial charge on any atom is -0.0527 e. The molecule has 2 radical (unpaired) electrons. The largest absolute Gasteiger partial charge is 0.0527 e. The third kappa shape index (κ3) is 0.490. The van der Waals surface area contributed by atoms with E-state index in [0.717, 1.165) is 0 Å². The Morgan fingerprint density at radius 1 is 1.14 bits per heavy atom. The zero-order valence-corrected chi connectivity index (χ0v) is 4.54. The normalized spacial score (nSPS) is 34.3. The number of hydrogen-bond acceptors (Lipinski definition) is 0. The van der Waals surface area contributed by atoms with E-state index in [1.54, 1.807) is 0 Å². The van der Waals surface area contributed by atoms with Crippen molar-refractivity contribution >= 4 is 0 Å². The van der Waals surface area contributed by atoms with Crippen molar-refractivity contribution in [2.75, 3.05) is 0 Å². The third-order valence-electron chi connectivity index (χ3n) is 2.24. The average Bonchev–Trinajstić information content (AvgIpc) is 2.15. The van der Waals surface area contributed by atoms with Gasteiger partial charge in [-0.05, 0) is 31.1 Å². The summed E-state index contributed by atoms with van der Waals surface area (Å²) in [6.07, 6.45) is 10.6. The van der Waals surface area contributed by atoms with Gasteiger partial charge in [-0.3, -0.25) is 0 Å². The van der Waals surface area contributed by atoms with E-state index in [9.17, 15) is 0 Å². The lowest BCUT2D eigenvalue weighted by Gasteiger charge is -1.97. The summed E-state index contributed by atoms with van der Waals surface area (Å²) in [5.74, 6) is 0. The summed E-state index contributed by atoms with van der Waals surface area (Å²) in [5, 5.41) is 0. The summed E-state index contributed by atoms with van der Waals surface area (Å²) in [7, 11) is 0. The van der Waals surface area contributed by atoms with Crippen LogP contribution in [0.4, 0.5) is 0 Å². The van der Waals surface area contributed by atoms with Gasteiger partial charge >= 0.3 is 0 Å². The molecule has 7 heavy (non-hydrogen) atoms. The van der Waals surface area contributed by atoms with Crippen molar-refractivity contribution in [3.05, 3.63) is 6.42 Å². The lowest BCUT2D eigenvalue weighted by molar-refractivity contribution is 0.562. The van der Waals surface area contributed by atoms with Crippen LogP contribution in [0.3, 0.4) is 0 Å². The molecule has 0 aromatic rings. The molecule has 2 aliphatic rings. The first-order valence-corrected chi connectivity index (χ1v) is 3.16. The Bertz CT molecular complexity index is 72.0. The summed E-state index contributed by atoms with van der Waals surface area (Å²) in [6, 6.07) is 0. The van der Waals surface area contributed by atoms with Crippen molar-refractivity contribution < 1.29 is 0 Å². The first kappa shape index (κ1) is 3.94. The van der Waals surface area contributed by atoms with Crippen LogP contribution in [-0.4, -0.2) is 0 Å². The second-order valence-corrected chi connectivity index (χ2v) is 2.84. The van der Waals surface area contributed by atoms with Crippen molar-refractivity contribution in [1.82, 2.24) is 0 Å². The molecule has 0 aromatic carbocycles. The van der Waals surface area contributed by atoms with Crippen LogP contribution >= 0.6 is 0 Å². The van der Waals surface area contributed by atoms with Gasteiger partial charge < -0.3 is 0 Å². The molecular formula is C7H10. The summed E-state index contributed by atoms with van der Waals surface area (Å²) in [6.45, 7) is 0. The Labute approximate surface area is 44.9 Å². The van der Waals surface area contributed by atoms with Crippen LogP contribution in [0.15, 0.2) is 0 Å². The molecule has 38 valence electrons. The lowest BCUT2D eigenvalue weighted by atomic mass is 10.1. The van der Waals surface area contributed by atoms with Crippen molar-refractivity contribution in [2.45, 2.75) is 32.1 Å². The smallest absolute Gasteiger partial charge is 0.00998 e. The molecule has 0 aromatic heterocycles.